The Labute approximate surface area is 165 Å². The molecular weight excluding hydrogens is 378 g/mol. The number of nitrogens with one attached hydrogen (secondary N) is 1. The van der Waals surface area contributed by atoms with Gasteiger partial charge in [-0.3, -0.25) is 14.9 Å². The zero-order valence-electron chi connectivity index (χ0n) is 15.3. The molecule has 1 N–H and O–H groups in total. The number of aromatic nitrogens is 1. The van der Waals surface area contributed by atoms with Crippen molar-refractivity contribution in [2.45, 2.75) is 0 Å². The van der Waals surface area contributed by atoms with E-state index in [2.05, 4.69) is 10.3 Å². The number of ether oxygens (including phenoxy) is 2. The SMILES string of the molecule is COc1cccc(C(=O)Nc2nc(-c3ccc4c(c3)N(C)C(=O)CO4)cs2)c1. The van der Waals surface area contributed by atoms with Gasteiger partial charge in [0, 0.05) is 23.6 Å². The molecule has 2 aromatic carbocycles. The molecular formula is C20H17N3O4S. The minimum Gasteiger partial charge on any atom is -0.497 e. The Kier molecular flexibility index (Phi) is 4.70. The van der Waals surface area contributed by atoms with E-state index in [1.807, 2.05) is 23.6 Å². The van der Waals surface area contributed by atoms with E-state index in [9.17, 15) is 9.59 Å². The van der Waals surface area contributed by atoms with Crippen molar-refractivity contribution in [2.75, 3.05) is 31.0 Å². The highest BCUT2D eigenvalue weighted by atomic mass is 32.1. The number of rotatable bonds is 4. The highest BCUT2D eigenvalue weighted by Crippen LogP contribution is 2.36. The van der Waals surface area contributed by atoms with Gasteiger partial charge in [0.25, 0.3) is 11.8 Å². The summed E-state index contributed by atoms with van der Waals surface area (Å²) in [5.41, 5.74) is 2.73. The topological polar surface area (TPSA) is 80.8 Å². The van der Waals surface area contributed by atoms with Crippen LogP contribution in [-0.4, -0.2) is 37.6 Å². The fourth-order valence-electron chi connectivity index (χ4n) is 2.83. The summed E-state index contributed by atoms with van der Waals surface area (Å²) in [5.74, 6) is 0.910. The maximum Gasteiger partial charge on any atom is 0.264 e. The average molecular weight is 395 g/mol. The fourth-order valence-corrected chi connectivity index (χ4v) is 3.54. The minimum absolute atomic E-state index is 0.0417. The molecule has 0 aliphatic carbocycles. The maximum atomic E-state index is 12.4. The standard InChI is InChI=1S/C20H17N3O4S/c1-23-16-9-12(6-7-17(16)27-10-18(23)24)15-11-28-20(21-15)22-19(25)13-4-3-5-14(8-13)26-2/h3-9,11H,10H2,1-2H3,(H,21,22,25). The lowest BCUT2D eigenvalue weighted by Gasteiger charge is -2.26. The number of methoxy groups -OCH3 is 1. The lowest BCUT2D eigenvalue weighted by atomic mass is 10.1. The number of carbonyl (C=O) groups is 2. The second-order valence-electron chi connectivity index (χ2n) is 6.15. The Morgan fingerprint density at radius 1 is 1.29 bits per heavy atom. The van der Waals surface area contributed by atoms with Gasteiger partial charge in [-0.05, 0) is 36.4 Å². The van der Waals surface area contributed by atoms with Crippen LogP contribution in [-0.2, 0) is 4.79 Å². The van der Waals surface area contributed by atoms with Gasteiger partial charge in [-0.15, -0.1) is 11.3 Å². The molecule has 0 fully saturated rings. The number of likely N-dealkylation sites (N-methyl/N-ethyl adjacent to an activating group) is 1. The lowest BCUT2D eigenvalue weighted by Crippen LogP contribution is -2.35. The van der Waals surface area contributed by atoms with Crippen LogP contribution in [0.1, 0.15) is 10.4 Å². The number of nitrogens with zero attached hydrogens (tertiary/aromatic N) is 2. The number of hydrogen-bond acceptors (Lipinski definition) is 6. The highest BCUT2D eigenvalue weighted by molar-refractivity contribution is 7.14. The van der Waals surface area contributed by atoms with E-state index in [1.165, 1.54) is 11.3 Å². The van der Waals surface area contributed by atoms with Crippen LogP contribution in [0.2, 0.25) is 0 Å². The first kappa shape index (κ1) is 18.0. The summed E-state index contributed by atoms with van der Waals surface area (Å²) in [7, 11) is 3.27. The van der Waals surface area contributed by atoms with Gasteiger partial charge in [0.05, 0.1) is 18.5 Å². The van der Waals surface area contributed by atoms with Crippen molar-refractivity contribution in [2.24, 2.45) is 0 Å². The summed E-state index contributed by atoms with van der Waals surface area (Å²) in [6, 6.07) is 12.5. The third kappa shape index (κ3) is 3.41. The van der Waals surface area contributed by atoms with Crippen molar-refractivity contribution in [1.29, 1.82) is 0 Å². The second-order valence-corrected chi connectivity index (χ2v) is 7.01. The Balaban J connectivity index is 1.55. The first-order chi connectivity index (χ1) is 13.5. The summed E-state index contributed by atoms with van der Waals surface area (Å²) in [4.78, 5) is 30.3. The lowest BCUT2D eigenvalue weighted by molar-refractivity contribution is -0.120. The molecule has 2 amide bonds. The molecule has 0 bridgehead atoms. The Morgan fingerprint density at radius 2 is 2.14 bits per heavy atom. The van der Waals surface area contributed by atoms with Crippen LogP contribution in [0.25, 0.3) is 11.3 Å². The summed E-state index contributed by atoms with van der Waals surface area (Å²) < 4.78 is 10.6. The quantitative estimate of drug-likeness (QED) is 0.732. The normalized spacial score (nSPS) is 12.9. The molecule has 8 heteroatoms. The molecule has 1 aliphatic heterocycles. The molecule has 0 radical (unpaired) electrons. The van der Waals surface area contributed by atoms with Gasteiger partial charge < -0.3 is 14.4 Å². The molecule has 142 valence electrons. The summed E-state index contributed by atoms with van der Waals surface area (Å²) in [6.07, 6.45) is 0. The van der Waals surface area contributed by atoms with Crippen molar-refractivity contribution in [3.63, 3.8) is 0 Å². The van der Waals surface area contributed by atoms with E-state index < -0.39 is 0 Å². The van der Waals surface area contributed by atoms with Crippen molar-refractivity contribution in [3.8, 4) is 22.8 Å². The van der Waals surface area contributed by atoms with E-state index in [-0.39, 0.29) is 18.4 Å². The van der Waals surface area contributed by atoms with Crippen LogP contribution in [0.4, 0.5) is 10.8 Å². The van der Waals surface area contributed by atoms with Crippen LogP contribution >= 0.6 is 11.3 Å². The van der Waals surface area contributed by atoms with E-state index in [1.54, 1.807) is 43.3 Å². The Hall–Kier alpha value is -3.39. The van der Waals surface area contributed by atoms with Crippen LogP contribution in [0, 0.1) is 0 Å². The second kappa shape index (κ2) is 7.32. The monoisotopic (exact) mass is 395 g/mol. The van der Waals surface area contributed by atoms with Gasteiger partial charge in [-0.25, -0.2) is 4.98 Å². The van der Waals surface area contributed by atoms with Crippen molar-refractivity contribution in [3.05, 3.63) is 53.4 Å². The zero-order chi connectivity index (χ0) is 19.7. The van der Waals surface area contributed by atoms with Gasteiger partial charge >= 0.3 is 0 Å². The van der Waals surface area contributed by atoms with Gasteiger partial charge in [0.15, 0.2) is 11.7 Å². The van der Waals surface area contributed by atoms with Gasteiger partial charge in [0.1, 0.15) is 11.5 Å². The predicted molar refractivity (Wildman–Crippen MR) is 107 cm³/mol. The molecule has 0 spiro atoms. The molecule has 0 atom stereocenters. The van der Waals surface area contributed by atoms with E-state index in [4.69, 9.17) is 9.47 Å². The number of benzene rings is 2. The van der Waals surface area contributed by atoms with Crippen molar-refractivity contribution in [1.82, 2.24) is 4.98 Å². The minimum atomic E-state index is -0.260. The van der Waals surface area contributed by atoms with E-state index in [0.29, 0.717) is 33.6 Å². The van der Waals surface area contributed by atoms with Crippen molar-refractivity contribution < 1.29 is 19.1 Å². The Morgan fingerprint density at radius 3 is 2.96 bits per heavy atom. The van der Waals surface area contributed by atoms with Crippen molar-refractivity contribution >= 4 is 34.0 Å². The zero-order valence-corrected chi connectivity index (χ0v) is 16.1. The molecule has 1 aromatic heterocycles. The molecule has 28 heavy (non-hydrogen) atoms. The van der Waals surface area contributed by atoms with E-state index >= 15 is 0 Å². The molecule has 1 aliphatic rings. The molecule has 7 nitrogen and oxygen atoms in total. The molecule has 3 aromatic rings. The fraction of sp³-hybridized carbons (Fsp3) is 0.150. The summed E-state index contributed by atoms with van der Waals surface area (Å²) in [6.45, 7) is 0.0417. The van der Waals surface area contributed by atoms with Crippen LogP contribution in [0.5, 0.6) is 11.5 Å². The van der Waals surface area contributed by atoms with E-state index in [0.717, 1.165) is 5.56 Å². The van der Waals surface area contributed by atoms with Gasteiger partial charge in [-0.2, -0.15) is 0 Å². The maximum absolute atomic E-state index is 12.4. The van der Waals surface area contributed by atoms with Crippen LogP contribution in [0.15, 0.2) is 47.8 Å². The molecule has 0 unspecified atom stereocenters. The number of fused-ring (bicyclic) bond motifs is 1. The number of hydrogen-bond donors (Lipinski definition) is 1. The number of anilines is 2. The number of amides is 2. The third-order valence-electron chi connectivity index (χ3n) is 4.40. The average Bonchev–Trinajstić information content (AvgIpc) is 3.19. The number of carbonyl (C=O) groups excluding carboxylic acids is 2. The van der Waals surface area contributed by atoms with Gasteiger partial charge in [0.2, 0.25) is 0 Å². The highest BCUT2D eigenvalue weighted by Gasteiger charge is 2.23. The van der Waals surface area contributed by atoms with Crippen LogP contribution < -0.4 is 19.7 Å². The largest absolute Gasteiger partial charge is 0.497 e. The first-order valence-electron chi connectivity index (χ1n) is 8.50. The smallest absolute Gasteiger partial charge is 0.264 e. The molecule has 4 rings (SSSR count). The molecule has 2 heterocycles. The van der Waals surface area contributed by atoms with Crippen LogP contribution in [0.3, 0.4) is 0 Å². The number of thiazole rings is 1. The third-order valence-corrected chi connectivity index (χ3v) is 5.16. The summed E-state index contributed by atoms with van der Waals surface area (Å²) >= 11 is 1.33. The molecule has 0 saturated carbocycles. The first-order valence-corrected chi connectivity index (χ1v) is 9.38. The van der Waals surface area contributed by atoms with Gasteiger partial charge in [-0.1, -0.05) is 6.07 Å². The Bertz CT molecular complexity index is 1060. The summed E-state index contributed by atoms with van der Waals surface area (Å²) in [5, 5.41) is 5.14. The molecule has 0 saturated heterocycles. The predicted octanol–water partition coefficient (Wildman–Crippen LogP) is 3.43.